The zero-order valence-corrected chi connectivity index (χ0v) is 12.9. The first-order chi connectivity index (χ1) is 9.56. The lowest BCUT2D eigenvalue weighted by Gasteiger charge is -2.18. The van der Waals surface area contributed by atoms with Crippen molar-refractivity contribution in [3.63, 3.8) is 0 Å². The van der Waals surface area contributed by atoms with Crippen LogP contribution in [0.2, 0.25) is 0 Å². The first-order valence-electron chi connectivity index (χ1n) is 6.44. The second-order valence-electron chi connectivity index (χ2n) is 4.72. The summed E-state index contributed by atoms with van der Waals surface area (Å²) in [5, 5.41) is 3.43. The van der Waals surface area contributed by atoms with Gasteiger partial charge >= 0.3 is 0 Å². The highest BCUT2D eigenvalue weighted by atomic mass is 79.9. The number of hydrogen-bond donors (Lipinski definition) is 2. The molecule has 20 heavy (non-hydrogen) atoms. The number of nitrogens with one attached hydrogen (secondary N) is 1. The van der Waals surface area contributed by atoms with Crippen molar-refractivity contribution < 1.29 is 4.79 Å². The van der Waals surface area contributed by atoms with E-state index < -0.39 is 0 Å². The van der Waals surface area contributed by atoms with Gasteiger partial charge in [-0.1, -0.05) is 46.3 Å². The molecule has 0 heterocycles. The number of rotatable bonds is 5. The summed E-state index contributed by atoms with van der Waals surface area (Å²) in [5.74, 6) is -0.325. The van der Waals surface area contributed by atoms with E-state index in [0.717, 1.165) is 15.7 Å². The summed E-state index contributed by atoms with van der Waals surface area (Å²) in [6.07, 6.45) is 0.244. The van der Waals surface area contributed by atoms with Crippen molar-refractivity contribution in [1.29, 1.82) is 0 Å². The minimum Gasteiger partial charge on any atom is -0.378 e. The molecule has 1 amide bonds. The molecule has 1 unspecified atom stereocenters. The number of carbonyl (C=O) groups is 1. The molecule has 0 bridgehead atoms. The molecule has 0 aromatic heterocycles. The molecule has 104 valence electrons. The van der Waals surface area contributed by atoms with Crippen LogP contribution in [0.25, 0.3) is 0 Å². The predicted molar refractivity (Wildman–Crippen MR) is 85.5 cm³/mol. The molecule has 0 aliphatic carbocycles. The van der Waals surface area contributed by atoms with E-state index in [1.54, 1.807) is 0 Å². The molecular weight excluding hydrogens is 316 g/mol. The van der Waals surface area contributed by atoms with Crippen LogP contribution in [0.15, 0.2) is 53.0 Å². The van der Waals surface area contributed by atoms with E-state index in [-0.39, 0.29) is 18.4 Å². The van der Waals surface area contributed by atoms with Crippen LogP contribution in [0.5, 0.6) is 0 Å². The van der Waals surface area contributed by atoms with Crippen LogP contribution in [0.3, 0.4) is 0 Å². The second kappa shape index (κ2) is 6.57. The monoisotopic (exact) mass is 332 g/mol. The first kappa shape index (κ1) is 14.6. The zero-order valence-electron chi connectivity index (χ0n) is 11.3. The van der Waals surface area contributed by atoms with Crippen molar-refractivity contribution in [3.8, 4) is 0 Å². The molecule has 0 spiro atoms. The molecule has 0 radical (unpaired) electrons. The molecule has 2 aromatic carbocycles. The molecular formula is C16H17BrN2O. The molecule has 0 saturated carbocycles. The largest absolute Gasteiger partial charge is 0.378 e. The number of hydrogen-bond acceptors (Lipinski definition) is 2. The van der Waals surface area contributed by atoms with E-state index in [0.29, 0.717) is 0 Å². The van der Waals surface area contributed by atoms with Gasteiger partial charge in [-0.2, -0.15) is 0 Å². The maximum Gasteiger partial charge on any atom is 0.221 e. The SMILES string of the molecule is CC(Nc1ccccc1CC(N)=O)c1cccc(Br)c1. The summed E-state index contributed by atoms with van der Waals surface area (Å²) in [5.41, 5.74) is 8.32. The van der Waals surface area contributed by atoms with E-state index in [1.807, 2.05) is 36.4 Å². The topological polar surface area (TPSA) is 55.1 Å². The molecule has 0 saturated heterocycles. The number of anilines is 1. The van der Waals surface area contributed by atoms with Crippen LogP contribution in [0, 0.1) is 0 Å². The van der Waals surface area contributed by atoms with Gasteiger partial charge in [0.05, 0.1) is 6.42 Å². The lowest BCUT2D eigenvalue weighted by molar-refractivity contribution is -0.117. The van der Waals surface area contributed by atoms with Gasteiger partial charge in [0.2, 0.25) is 5.91 Å². The van der Waals surface area contributed by atoms with Gasteiger partial charge in [-0.3, -0.25) is 4.79 Å². The van der Waals surface area contributed by atoms with E-state index >= 15 is 0 Å². The number of carbonyl (C=O) groups excluding carboxylic acids is 1. The van der Waals surface area contributed by atoms with Gasteiger partial charge in [-0.15, -0.1) is 0 Å². The highest BCUT2D eigenvalue weighted by molar-refractivity contribution is 9.10. The maximum absolute atomic E-state index is 11.1. The van der Waals surface area contributed by atoms with Crippen LogP contribution in [-0.4, -0.2) is 5.91 Å². The van der Waals surface area contributed by atoms with E-state index in [9.17, 15) is 4.79 Å². The van der Waals surface area contributed by atoms with Gasteiger partial charge in [0.1, 0.15) is 0 Å². The molecule has 0 aliphatic rings. The molecule has 0 fully saturated rings. The van der Waals surface area contributed by atoms with Gasteiger partial charge in [0.15, 0.2) is 0 Å². The highest BCUT2D eigenvalue weighted by Gasteiger charge is 2.09. The van der Waals surface area contributed by atoms with Crippen molar-refractivity contribution in [2.75, 3.05) is 5.32 Å². The third-order valence-electron chi connectivity index (χ3n) is 3.10. The molecule has 2 rings (SSSR count). The van der Waals surface area contributed by atoms with Crippen LogP contribution < -0.4 is 11.1 Å². The van der Waals surface area contributed by atoms with Gasteiger partial charge in [-0.05, 0) is 36.2 Å². The summed E-state index contributed by atoms with van der Waals surface area (Å²) < 4.78 is 1.05. The van der Waals surface area contributed by atoms with Crippen LogP contribution >= 0.6 is 15.9 Å². The smallest absolute Gasteiger partial charge is 0.221 e. The van der Waals surface area contributed by atoms with Gasteiger partial charge in [0, 0.05) is 16.2 Å². The van der Waals surface area contributed by atoms with Gasteiger partial charge < -0.3 is 11.1 Å². The first-order valence-corrected chi connectivity index (χ1v) is 7.24. The number of para-hydroxylation sites is 1. The quantitative estimate of drug-likeness (QED) is 0.877. The average molecular weight is 333 g/mol. The number of benzene rings is 2. The Balaban J connectivity index is 2.19. The summed E-state index contributed by atoms with van der Waals surface area (Å²) in [4.78, 5) is 11.1. The van der Waals surface area contributed by atoms with Crippen LogP contribution in [-0.2, 0) is 11.2 Å². The minimum absolute atomic E-state index is 0.140. The normalized spacial score (nSPS) is 11.9. The fourth-order valence-electron chi connectivity index (χ4n) is 2.10. The molecule has 0 aliphatic heterocycles. The Bertz CT molecular complexity index is 613. The highest BCUT2D eigenvalue weighted by Crippen LogP contribution is 2.24. The van der Waals surface area contributed by atoms with E-state index in [1.165, 1.54) is 5.56 Å². The standard InChI is InChI=1S/C16H17BrN2O/c1-11(12-6-4-7-14(17)9-12)19-15-8-3-2-5-13(15)10-16(18)20/h2-9,11,19H,10H2,1H3,(H2,18,20). The number of halogens is 1. The predicted octanol–water partition coefficient (Wildman–Crippen LogP) is 3.65. The van der Waals surface area contributed by atoms with Crippen molar-refractivity contribution in [2.45, 2.75) is 19.4 Å². The van der Waals surface area contributed by atoms with E-state index in [2.05, 4.69) is 40.3 Å². The lowest BCUT2D eigenvalue weighted by atomic mass is 10.1. The zero-order chi connectivity index (χ0) is 14.5. The Hall–Kier alpha value is -1.81. The van der Waals surface area contributed by atoms with Crippen LogP contribution in [0.4, 0.5) is 5.69 Å². The van der Waals surface area contributed by atoms with Gasteiger partial charge in [0.25, 0.3) is 0 Å². The Morgan fingerprint density at radius 3 is 2.70 bits per heavy atom. The fraction of sp³-hybridized carbons (Fsp3) is 0.188. The minimum atomic E-state index is -0.325. The number of primary amides is 1. The Labute approximate surface area is 127 Å². The molecule has 3 N–H and O–H groups in total. The van der Waals surface area contributed by atoms with Crippen molar-refractivity contribution in [3.05, 3.63) is 64.1 Å². The molecule has 1 atom stereocenters. The average Bonchev–Trinajstić information content (AvgIpc) is 2.40. The number of amides is 1. The van der Waals surface area contributed by atoms with Gasteiger partial charge in [-0.25, -0.2) is 0 Å². The molecule has 4 heteroatoms. The van der Waals surface area contributed by atoms with E-state index in [4.69, 9.17) is 5.73 Å². The van der Waals surface area contributed by atoms with Crippen molar-refractivity contribution in [2.24, 2.45) is 5.73 Å². The number of nitrogens with two attached hydrogens (primary N) is 1. The Morgan fingerprint density at radius 2 is 2.00 bits per heavy atom. The Kier molecular flexibility index (Phi) is 4.79. The summed E-state index contributed by atoms with van der Waals surface area (Å²) in [7, 11) is 0. The maximum atomic E-state index is 11.1. The third-order valence-corrected chi connectivity index (χ3v) is 3.60. The summed E-state index contributed by atoms with van der Waals surface area (Å²) in [6.45, 7) is 2.09. The third kappa shape index (κ3) is 3.84. The molecule has 2 aromatic rings. The second-order valence-corrected chi connectivity index (χ2v) is 5.64. The van der Waals surface area contributed by atoms with Crippen molar-refractivity contribution >= 4 is 27.5 Å². The fourth-order valence-corrected chi connectivity index (χ4v) is 2.51. The lowest BCUT2D eigenvalue weighted by Crippen LogP contribution is -2.16. The van der Waals surface area contributed by atoms with Crippen LogP contribution in [0.1, 0.15) is 24.1 Å². The Morgan fingerprint density at radius 1 is 1.25 bits per heavy atom. The summed E-state index contributed by atoms with van der Waals surface area (Å²) >= 11 is 3.47. The van der Waals surface area contributed by atoms with Crippen molar-refractivity contribution in [1.82, 2.24) is 0 Å². The summed E-state index contributed by atoms with van der Waals surface area (Å²) in [6, 6.07) is 16.0. The molecule has 3 nitrogen and oxygen atoms in total.